The van der Waals surface area contributed by atoms with Gasteiger partial charge in [0, 0.05) is 24.7 Å². The quantitative estimate of drug-likeness (QED) is 0.493. The van der Waals surface area contributed by atoms with Gasteiger partial charge in [-0.15, -0.1) is 0 Å². The van der Waals surface area contributed by atoms with Crippen molar-refractivity contribution in [1.29, 1.82) is 0 Å². The third-order valence-electron chi connectivity index (χ3n) is 5.37. The molecule has 1 aliphatic rings. The van der Waals surface area contributed by atoms with Crippen molar-refractivity contribution < 1.29 is 14.3 Å². The van der Waals surface area contributed by atoms with E-state index >= 15 is 0 Å². The largest absolute Gasteiger partial charge is 0.489 e. The second kappa shape index (κ2) is 12.9. The van der Waals surface area contributed by atoms with Gasteiger partial charge in [0.1, 0.15) is 18.2 Å². The molecule has 178 valence electrons. The Kier molecular flexibility index (Phi) is 9.60. The monoisotopic (exact) mass is 451 g/mol. The van der Waals surface area contributed by atoms with Gasteiger partial charge in [-0.3, -0.25) is 4.99 Å². The van der Waals surface area contributed by atoms with Crippen LogP contribution in [0.25, 0.3) is 0 Å². The summed E-state index contributed by atoms with van der Waals surface area (Å²) in [5.41, 5.74) is 3.30. The van der Waals surface area contributed by atoms with E-state index in [4.69, 9.17) is 9.47 Å². The molecule has 1 amide bonds. The van der Waals surface area contributed by atoms with E-state index in [2.05, 4.69) is 33.8 Å². The van der Waals surface area contributed by atoms with Crippen LogP contribution in [-0.4, -0.2) is 31.1 Å². The zero-order valence-electron chi connectivity index (χ0n) is 20.1. The van der Waals surface area contributed by atoms with Crippen molar-refractivity contribution in [2.45, 2.75) is 65.5 Å². The lowest BCUT2D eigenvalue weighted by Gasteiger charge is -2.15. The number of aliphatic imine (C=N–C) groups is 1. The number of carbonyl (C=O) groups excluding carboxylic acids is 1. The van der Waals surface area contributed by atoms with Crippen LogP contribution < -0.4 is 15.4 Å². The molecule has 2 aromatic carbocycles. The number of benzene rings is 2. The second-order valence-corrected chi connectivity index (χ2v) is 9.14. The number of amidine groups is 1. The summed E-state index contributed by atoms with van der Waals surface area (Å²) < 4.78 is 11.2. The van der Waals surface area contributed by atoms with E-state index < -0.39 is 0 Å². The van der Waals surface area contributed by atoms with Crippen LogP contribution in [0.4, 0.5) is 10.5 Å². The van der Waals surface area contributed by atoms with Gasteiger partial charge in [-0.1, -0.05) is 44.5 Å². The Labute approximate surface area is 197 Å². The fourth-order valence-corrected chi connectivity index (χ4v) is 3.66. The summed E-state index contributed by atoms with van der Waals surface area (Å²) in [6.07, 6.45) is 5.01. The number of alkyl carbamates (subject to hydrolysis) is 1. The Morgan fingerprint density at radius 1 is 1.03 bits per heavy atom. The van der Waals surface area contributed by atoms with Crippen LogP contribution in [0.1, 0.15) is 57.6 Å². The van der Waals surface area contributed by atoms with Crippen LogP contribution in [0.5, 0.6) is 5.75 Å². The molecule has 0 fully saturated rings. The van der Waals surface area contributed by atoms with Gasteiger partial charge < -0.3 is 20.1 Å². The first-order valence-electron chi connectivity index (χ1n) is 12.0. The molecule has 33 heavy (non-hydrogen) atoms. The van der Waals surface area contributed by atoms with Crippen LogP contribution in [0, 0.1) is 5.92 Å². The fraction of sp³-hybridized carbons (Fsp3) is 0.481. The first kappa shape index (κ1) is 24.6. The molecular formula is C27H37N3O3. The van der Waals surface area contributed by atoms with Gasteiger partial charge in [0.2, 0.25) is 0 Å². The number of nitrogens with one attached hydrogen (secondary N) is 2. The number of ether oxygens (including phenoxy) is 2. The minimum absolute atomic E-state index is 0.00950. The molecule has 2 aromatic rings. The summed E-state index contributed by atoms with van der Waals surface area (Å²) in [5.74, 6) is 2.23. The molecule has 0 saturated carbocycles. The number of nitrogens with zero attached hydrogens (tertiary/aromatic N) is 1. The lowest BCUT2D eigenvalue weighted by Crippen LogP contribution is -2.35. The van der Waals surface area contributed by atoms with E-state index in [0.717, 1.165) is 47.8 Å². The molecule has 0 saturated heterocycles. The van der Waals surface area contributed by atoms with Crippen LogP contribution in [0.15, 0.2) is 53.5 Å². The van der Waals surface area contributed by atoms with Gasteiger partial charge in [0.25, 0.3) is 0 Å². The van der Waals surface area contributed by atoms with E-state index in [1.165, 1.54) is 19.3 Å². The average molecular weight is 452 g/mol. The molecule has 0 aliphatic carbocycles. The minimum Gasteiger partial charge on any atom is -0.489 e. The Hall–Kier alpha value is -3.02. The summed E-state index contributed by atoms with van der Waals surface area (Å²) in [5, 5.41) is 6.34. The van der Waals surface area contributed by atoms with Crippen LogP contribution in [0.3, 0.4) is 0 Å². The Morgan fingerprint density at radius 3 is 2.64 bits per heavy atom. The number of rotatable bonds is 9. The molecule has 0 radical (unpaired) electrons. The van der Waals surface area contributed by atoms with Crippen LogP contribution in [0.2, 0.25) is 0 Å². The van der Waals surface area contributed by atoms with Gasteiger partial charge >= 0.3 is 6.09 Å². The molecule has 2 N–H and O–H groups in total. The highest BCUT2D eigenvalue weighted by Gasteiger charge is 2.10. The molecule has 1 atom stereocenters. The highest BCUT2D eigenvalue weighted by Crippen LogP contribution is 2.18. The van der Waals surface area contributed by atoms with Gasteiger partial charge in [0.05, 0.1) is 6.61 Å². The third kappa shape index (κ3) is 9.16. The molecule has 1 aliphatic heterocycles. The lowest BCUT2D eigenvalue weighted by molar-refractivity contribution is 0.130. The normalized spacial score (nSPS) is 14.7. The van der Waals surface area contributed by atoms with Gasteiger partial charge in [-0.25, -0.2) is 4.79 Å². The number of carbonyl (C=O) groups is 1. The first-order chi connectivity index (χ1) is 16.0. The third-order valence-corrected chi connectivity index (χ3v) is 5.37. The van der Waals surface area contributed by atoms with Gasteiger partial charge in [-0.2, -0.15) is 0 Å². The lowest BCUT2D eigenvalue weighted by atomic mass is 10.1. The highest BCUT2D eigenvalue weighted by atomic mass is 16.5. The Morgan fingerprint density at radius 2 is 1.85 bits per heavy atom. The molecule has 0 aromatic heterocycles. The highest BCUT2D eigenvalue weighted by molar-refractivity contribution is 5.95. The van der Waals surface area contributed by atoms with Crippen LogP contribution in [-0.2, 0) is 17.8 Å². The van der Waals surface area contributed by atoms with Crippen molar-refractivity contribution >= 4 is 17.6 Å². The maximum Gasteiger partial charge on any atom is 0.407 e. The molecule has 1 heterocycles. The first-order valence-corrected chi connectivity index (χ1v) is 12.0. The average Bonchev–Trinajstić information content (AvgIpc) is 3.06. The second-order valence-electron chi connectivity index (χ2n) is 9.14. The smallest absolute Gasteiger partial charge is 0.407 e. The van der Waals surface area contributed by atoms with Crippen molar-refractivity contribution in [1.82, 2.24) is 5.32 Å². The maximum atomic E-state index is 11.8. The molecule has 6 nitrogen and oxygen atoms in total. The number of hydrogen-bond acceptors (Lipinski definition) is 5. The van der Waals surface area contributed by atoms with E-state index in [-0.39, 0.29) is 12.1 Å². The van der Waals surface area contributed by atoms with Gasteiger partial charge in [0.15, 0.2) is 0 Å². The summed E-state index contributed by atoms with van der Waals surface area (Å²) >= 11 is 0. The molecule has 6 heteroatoms. The van der Waals surface area contributed by atoms with E-state index in [0.29, 0.717) is 19.1 Å². The van der Waals surface area contributed by atoms with E-state index in [1.807, 2.05) is 51.1 Å². The summed E-state index contributed by atoms with van der Waals surface area (Å²) in [4.78, 5) is 16.5. The topological polar surface area (TPSA) is 72.0 Å². The number of amides is 1. The Bertz CT molecular complexity index is 909. The molecule has 1 unspecified atom stereocenters. The maximum absolute atomic E-state index is 11.8. The predicted octanol–water partition coefficient (Wildman–Crippen LogP) is 5.96. The summed E-state index contributed by atoms with van der Waals surface area (Å²) in [6, 6.07) is 16.3. The van der Waals surface area contributed by atoms with Gasteiger partial charge in [-0.05, 0) is 67.5 Å². The van der Waals surface area contributed by atoms with Crippen molar-refractivity contribution in [3.63, 3.8) is 0 Å². The molecule has 3 rings (SSSR count). The summed E-state index contributed by atoms with van der Waals surface area (Å²) in [7, 11) is 0. The van der Waals surface area contributed by atoms with Crippen molar-refractivity contribution in [2.75, 3.05) is 18.5 Å². The number of anilines is 1. The minimum atomic E-state index is -0.362. The molecule has 0 spiro atoms. The van der Waals surface area contributed by atoms with E-state index in [9.17, 15) is 4.79 Å². The fourth-order valence-electron chi connectivity index (χ4n) is 3.66. The molecular weight excluding hydrogens is 414 g/mol. The van der Waals surface area contributed by atoms with Crippen LogP contribution >= 0.6 is 0 Å². The van der Waals surface area contributed by atoms with E-state index in [1.54, 1.807) is 0 Å². The SMILES string of the molecule is CC(C)COC(=O)NC(C)Cc1ccc(OCc2cccc(NC3=NCCCCC3)c2)cc1. The summed E-state index contributed by atoms with van der Waals surface area (Å²) in [6.45, 7) is 7.85. The van der Waals surface area contributed by atoms with Crippen molar-refractivity contribution in [2.24, 2.45) is 10.9 Å². The zero-order valence-corrected chi connectivity index (χ0v) is 20.1. The Balaban J connectivity index is 1.45. The predicted molar refractivity (Wildman–Crippen MR) is 134 cm³/mol. The molecule has 0 bridgehead atoms. The standard InChI is InChI=1S/C27H37N3O3/c1-20(2)18-33-27(31)29-21(3)16-22-11-13-25(14-12-22)32-19-23-8-7-9-24(17-23)30-26-10-5-4-6-15-28-26/h7-9,11-14,17,20-21H,4-6,10,15-16,18-19H2,1-3H3,(H,28,30)(H,29,31). The van der Waals surface area contributed by atoms with Crippen molar-refractivity contribution in [3.05, 3.63) is 59.7 Å². The number of hydrogen-bond donors (Lipinski definition) is 2. The van der Waals surface area contributed by atoms with Crippen molar-refractivity contribution in [3.8, 4) is 5.75 Å². The zero-order chi connectivity index (χ0) is 23.5.